The first kappa shape index (κ1) is 13.1. The monoisotopic (exact) mass is 288 g/mol. The first-order valence-electron chi connectivity index (χ1n) is 6.47. The minimum absolute atomic E-state index is 0.0750. The van der Waals surface area contributed by atoms with Crippen LogP contribution in [0.3, 0.4) is 0 Å². The van der Waals surface area contributed by atoms with Crippen LogP contribution in [-0.2, 0) is 11.3 Å². The van der Waals surface area contributed by atoms with E-state index in [9.17, 15) is 4.79 Å². The fourth-order valence-corrected chi connectivity index (χ4v) is 2.89. The van der Waals surface area contributed by atoms with Crippen molar-refractivity contribution < 1.29 is 4.79 Å². The van der Waals surface area contributed by atoms with Gasteiger partial charge in [0.25, 0.3) is 0 Å². The van der Waals surface area contributed by atoms with Crippen molar-refractivity contribution in [1.29, 1.82) is 0 Å². The lowest BCUT2D eigenvalue weighted by molar-refractivity contribution is -0.131. The summed E-state index contributed by atoms with van der Waals surface area (Å²) in [5.74, 6) is 0.0750. The molecule has 3 heterocycles. The molecule has 1 aliphatic heterocycles. The van der Waals surface area contributed by atoms with Gasteiger partial charge in [-0.3, -0.25) is 15.2 Å². The number of nitrogens with one attached hydrogen (secondary N) is 2. The van der Waals surface area contributed by atoms with Gasteiger partial charge in [-0.05, 0) is 17.5 Å². The Hall–Kier alpha value is -1.92. The van der Waals surface area contributed by atoms with Crippen LogP contribution in [0.2, 0.25) is 0 Å². The zero-order valence-electron chi connectivity index (χ0n) is 11.2. The molecule has 2 N–H and O–H groups in total. The van der Waals surface area contributed by atoms with Gasteiger partial charge in [-0.25, -0.2) is 0 Å². The Kier molecular flexibility index (Phi) is 3.66. The van der Waals surface area contributed by atoms with Crippen molar-refractivity contribution in [3.05, 3.63) is 41.4 Å². The van der Waals surface area contributed by atoms with Crippen LogP contribution in [-0.4, -0.2) is 40.6 Å². The zero-order valence-corrected chi connectivity index (χ0v) is 12.0. The second-order valence-corrected chi connectivity index (χ2v) is 5.71. The fourth-order valence-electron chi connectivity index (χ4n) is 2.20. The molecule has 0 fully saturated rings. The number of carbonyl (C=O) groups is 1. The molecule has 0 spiro atoms. The van der Waals surface area contributed by atoms with Crippen LogP contribution in [0.25, 0.3) is 10.6 Å². The third kappa shape index (κ3) is 2.66. The van der Waals surface area contributed by atoms with Gasteiger partial charge in [-0.1, -0.05) is 18.2 Å². The van der Waals surface area contributed by atoms with Crippen LogP contribution in [0, 0.1) is 0 Å². The van der Waals surface area contributed by atoms with Crippen LogP contribution in [0.1, 0.15) is 5.69 Å². The maximum absolute atomic E-state index is 12.2. The first-order valence-corrected chi connectivity index (χ1v) is 7.35. The maximum Gasteiger partial charge on any atom is 0.243 e. The quantitative estimate of drug-likeness (QED) is 0.841. The molecular formula is C14H16N4OS. The summed E-state index contributed by atoms with van der Waals surface area (Å²) in [5, 5.41) is 12.4. The molecular weight excluding hydrogens is 272 g/mol. The van der Waals surface area contributed by atoms with Crippen molar-refractivity contribution in [3.63, 3.8) is 0 Å². The molecule has 0 saturated carbocycles. The lowest BCUT2D eigenvalue weighted by Gasteiger charge is -2.19. The third-order valence-corrected chi connectivity index (χ3v) is 4.13. The molecule has 104 valence electrons. The van der Waals surface area contributed by atoms with Crippen molar-refractivity contribution in [2.75, 3.05) is 13.6 Å². The third-order valence-electron chi connectivity index (χ3n) is 3.24. The molecule has 0 bridgehead atoms. The number of carbonyl (C=O) groups excluding carboxylic acids is 1. The molecule has 1 aliphatic rings. The highest BCUT2D eigenvalue weighted by atomic mass is 32.1. The van der Waals surface area contributed by atoms with Crippen LogP contribution < -0.4 is 5.32 Å². The van der Waals surface area contributed by atoms with E-state index in [1.54, 1.807) is 16.2 Å². The van der Waals surface area contributed by atoms with Gasteiger partial charge in [0, 0.05) is 13.6 Å². The van der Waals surface area contributed by atoms with Gasteiger partial charge in [-0.2, -0.15) is 5.10 Å². The number of nitrogens with zero attached hydrogens (tertiary/aromatic N) is 2. The minimum Gasteiger partial charge on any atom is -0.338 e. The molecule has 20 heavy (non-hydrogen) atoms. The standard InChI is InChI=1S/C14H16N4OS/c1-18(14(19)11-4-2-6-15-11)9-10-8-12(17-16-10)13-5-3-7-20-13/h2-5,7-8,11,15H,6,9H2,1H3,(H,16,17). The summed E-state index contributed by atoms with van der Waals surface area (Å²) in [6.45, 7) is 1.29. The molecule has 3 rings (SSSR count). The smallest absolute Gasteiger partial charge is 0.243 e. The van der Waals surface area contributed by atoms with Crippen molar-refractivity contribution in [3.8, 4) is 10.6 Å². The molecule has 6 heteroatoms. The molecule has 2 aromatic heterocycles. The van der Waals surface area contributed by atoms with E-state index in [0.29, 0.717) is 6.54 Å². The Morgan fingerprint density at radius 1 is 1.60 bits per heavy atom. The molecule has 1 unspecified atom stereocenters. The highest BCUT2D eigenvalue weighted by Crippen LogP contribution is 2.23. The van der Waals surface area contributed by atoms with E-state index in [-0.39, 0.29) is 11.9 Å². The number of aromatic nitrogens is 2. The highest BCUT2D eigenvalue weighted by Gasteiger charge is 2.21. The van der Waals surface area contributed by atoms with Crippen LogP contribution >= 0.6 is 11.3 Å². The summed E-state index contributed by atoms with van der Waals surface area (Å²) < 4.78 is 0. The second-order valence-electron chi connectivity index (χ2n) is 4.76. The Bertz CT molecular complexity index is 617. The molecule has 1 atom stereocenters. The van der Waals surface area contributed by atoms with Crippen LogP contribution in [0.4, 0.5) is 0 Å². The number of aromatic amines is 1. The Morgan fingerprint density at radius 3 is 3.20 bits per heavy atom. The van der Waals surface area contributed by atoms with Gasteiger partial charge in [-0.15, -0.1) is 11.3 Å². The van der Waals surface area contributed by atoms with Gasteiger partial charge in [0.1, 0.15) is 11.7 Å². The first-order chi connectivity index (χ1) is 9.74. The van der Waals surface area contributed by atoms with Crippen molar-refractivity contribution >= 4 is 17.2 Å². The molecule has 0 radical (unpaired) electrons. The normalized spacial score (nSPS) is 17.6. The molecule has 1 amide bonds. The molecule has 0 aliphatic carbocycles. The minimum atomic E-state index is -0.195. The number of hydrogen-bond acceptors (Lipinski definition) is 4. The van der Waals surface area contributed by atoms with Gasteiger partial charge in [0.2, 0.25) is 5.91 Å². The van der Waals surface area contributed by atoms with E-state index in [2.05, 4.69) is 15.5 Å². The summed E-state index contributed by atoms with van der Waals surface area (Å²) in [7, 11) is 1.81. The number of thiophene rings is 1. The van der Waals surface area contributed by atoms with Crippen LogP contribution in [0.5, 0.6) is 0 Å². The predicted molar refractivity (Wildman–Crippen MR) is 79.3 cm³/mol. The van der Waals surface area contributed by atoms with Crippen molar-refractivity contribution in [2.45, 2.75) is 12.6 Å². The van der Waals surface area contributed by atoms with Gasteiger partial charge in [0.05, 0.1) is 17.1 Å². The number of amides is 1. The van der Waals surface area contributed by atoms with Crippen molar-refractivity contribution in [1.82, 2.24) is 20.4 Å². The van der Waals surface area contributed by atoms with E-state index >= 15 is 0 Å². The molecule has 2 aromatic rings. The molecule has 5 nitrogen and oxygen atoms in total. The molecule has 0 saturated heterocycles. The van der Waals surface area contributed by atoms with Gasteiger partial charge < -0.3 is 4.90 Å². The average Bonchev–Trinajstić information content (AvgIpc) is 3.19. The number of hydrogen-bond donors (Lipinski definition) is 2. The SMILES string of the molecule is CN(Cc1cc(-c2cccs2)n[nH]1)C(=O)C1C=CCN1. The Labute approximate surface area is 121 Å². The van der Waals surface area contributed by atoms with E-state index < -0.39 is 0 Å². The summed E-state index contributed by atoms with van der Waals surface area (Å²) in [6, 6.07) is 5.84. The zero-order chi connectivity index (χ0) is 13.9. The lowest BCUT2D eigenvalue weighted by atomic mass is 10.2. The highest BCUT2D eigenvalue weighted by molar-refractivity contribution is 7.13. The van der Waals surface area contributed by atoms with E-state index in [0.717, 1.165) is 22.8 Å². The number of rotatable bonds is 4. The topological polar surface area (TPSA) is 61.0 Å². The number of H-pyrrole nitrogens is 1. The lowest BCUT2D eigenvalue weighted by Crippen LogP contribution is -2.41. The maximum atomic E-state index is 12.2. The van der Waals surface area contributed by atoms with E-state index in [4.69, 9.17) is 0 Å². The molecule has 0 aromatic carbocycles. The van der Waals surface area contributed by atoms with E-state index in [1.165, 1.54) is 0 Å². The van der Waals surface area contributed by atoms with E-state index in [1.807, 2.05) is 42.8 Å². The summed E-state index contributed by atoms with van der Waals surface area (Å²) in [6.07, 6.45) is 3.88. The average molecular weight is 288 g/mol. The summed E-state index contributed by atoms with van der Waals surface area (Å²) in [4.78, 5) is 15.0. The summed E-state index contributed by atoms with van der Waals surface area (Å²) >= 11 is 1.65. The summed E-state index contributed by atoms with van der Waals surface area (Å²) in [5.41, 5.74) is 1.86. The van der Waals surface area contributed by atoms with Crippen molar-refractivity contribution in [2.24, 2.45) is 0 Å². The largest absolute Gasteiger partial charge is 0.338 e. The van der Waals surface area contributed by atoms with Gasteiger partial charge in [0.15, 0.2) is 0 Å². The van der Waals surface area contributed by atoms with Gasteiger partial charge >= 0.3 is 0 Å². The number of likely N-dealkylation sites (N-methyl/N-ethyl adjacent to an activating group) is 1. The second kappa shape index (κ2) is 5.60. The predicted octanol–water partition coefficient (Wildman–Crippen LogP) is 1.62. The Morgan fingerprint density at radius 2 is 2.50 bits per heavy atom. The fraction of sp³-hybridized carbons (Fsp3) is 0.286. The Balaban J connectivity index is 1.65. The van der Waals surface area contributed by atoms with Crippen LogP contribution in [0.15, 0.2) is 35.7 Å².